The number of pyridine rings is 1. The van der Waals surface area contributed by atoms with Crippen LogP contribution in [-0.4, -0.2) is 36.7 Å². The van der Waals surface area contributed by atoms with Crippen molar-refractivity contribution in [3.8, 4) is 0 Å². The van der Waals surface area contributed by atoms with E-state index in [1.807, 2.05) is 30.3 Å². The van der Waals surface area contributed by atoms with E-state index in [-0.39, 0.29) is 17.3 Å². The van der Waals surface area contributed by atoms with Gasteiger partial charge >= 0.3 is 0 Å². The molecule has 8 heteroatoms. The van der Waals surface area contributed by atoms with Crippen molar-refractivity contribution >= 4 is 44.1 Å². The number of hydrogen-bond donors (Lipinski definition) is 1. The zero-order chi connectivity index (χ0) is 20.4. The second-order valence-corrected chi connectivity index (χ2v) is 9.40. The quantitative estimate of drug-likeness (QED) is 0.681. The molecule has 0 radical (unpaired) electrons. The van der Waals surface area contributed by atoms with Gasteiger partial charge < -0.3 is 5.32 Å². The molecule has 1 aliphatic rings. The third-order valence-electron chi connectivity index (χ3n) is 5.11. The second-order valence-electron chi connectivity index (χ2n) is 7.02. The van der Waals surface area contributed by atoms with E-state index in [1.165, 1.54) is 16.4 Å². The first kappa shape index (κ1) is 19.8. The molecule has 150 valence electrons. The molecule has 2 heterocycles. The number of nitrogens with one attached hydrogen (secondary N) is 1. The predicted molar refractivity (Wildman–Crippen MR) is 113 cm³/mol. The Hall–Kier alpha value is -2.48. The fraction of sp³-hybridized carbons (Fsp3) is 0.238. The molecule has 0 aliphatic carbocycles. The number of carbonyl (C=O) groups excluding carboxylic acids is 1. The number of carbonyl (C=O) groups is 1. The number of halogens is 1. The average molecular weight is 430 g/mol. The Labute approximate surface area is 174 Å². The van der Waals surface area contributed by atoms with Crippen molar-refractivity contribution in [3.63, 3.8) is 0 Å². The van der Waals surface area contributed by atoms with Gasteiger partial charge in [0.15, 0.2) is 0 Å². The van der Waals surface area contributed by atoms with Gasteiger partial charge in [0.1, 0.15) is 0 Å². The van der Waals surface area contributed by atoms with Gasteiger partial charge in [0, 0.05) is 29.7 Å². The molecule has 0 spiro atoms. The van der Waals surface area contributed by atoms with Crippen LogP contribution in [0.5, 0.6) is 0 Å². The summed E-state index contributed by atoms with van der Waals surface area (Å²) < 4.78 is 27.3. The molecule has 1 aromatic heterocycles. The monoisotopic (exact) mass is 429 g/mol. The molecule has 1 aliphatic heterocycles. The second kappa shape index (κ2) is 8.10. The van der Waals surface area contributed by atoms with Gasteiger partial charge in [-0.15, -0.1) is 0 Å². The Bertz CT molecular complexity index is 1140. The number of sulfonamides is 1. The number of hydrogen-bond acceptors (Lipinski definition) is 4. The zero-order valence-electron chi connectivity index (χ0n) is 15.6. The summed E-state index contributed by atoms with van der Waals surface area (Å²) in [6.45, 7) is 0.548. The number of aromatic nitrogens is 1. The zero-order valence-corrected chi connectivity index (χ0v) is 17.2. The highest BCUT2D eigenvalue weighted by Crippen LogP contribution is 2.27. The predicted octanol–water partition coefficient (Wildman–Crippen LogP) is 3.93. The van der Waals surface area contributed by atoms with E-state index in [2.05, 4.69) is 10.3 Å². The molecule has 0 bridgehead atoms. The molecule has 1 N–H and O–H groups in total. The lowest BCUT2D eigenvalue weighted by Crippen LogP contribution is -2.43. The maximum atomic E-state index is 12.9. The topological polar surface area (TPSA) is 79.4 Å². The first-order valence-electron chi connectivity index (χ1n) is 9.35. The number of amides is 1. The Kier molecular flexibility index (Phi) is 5.54. The molecule has 1 unspecified atom stereocenters. The van der Waals surface area contributed by atoms with E-state index >= 15 is 0 Å². The Morgan fingerprint density at radius 2 is 1.90 bits per heavy atom. The van der Waals surface area contributed by atoms with Crippen LogP contribution in [0.25, 0.3) is 10.9 Å². The molecule has 0 saturated carbocycles. The molecule has 1 saturated heterocycles. The first-order valence-corrected chi connectivity index (χ1v) is 11.2. The van der Waals surface area contributed by atoms with Gasteiger partial charge in [-0.2, -0.15) is 4.31 Å². The van der Waals surface area contributed by atoms with Crippen molar-refractivity contribution in [2.45, 2.75) is 17.7 Å². The number of anilines is 1. The van der Waals surface area contributed by atoms with Crippen molar-refractivity contribution in [1.29, 1.82) is 0 Å². The van der Waals surface area contributed by atoms with Gasteiger partial charge in [-0.1, -0.05) is 17.7 Å². The van der Waals surface area contributed by atoms with Crippen molar-refractivity contribution < 1.29 is 13.2 Å². The lowest BCUT2D eigenvalue weighted by Gasteiger charge is -2.31. The molecule has 29 heavy (non-hydrogen) atoms. The van der Waals surface area contributed by atoms with Crippen LogP contribution in [-0.2, 0) is 14.8 Å². The third kappa shape index (κ3) is 4.12. The molecular weight excluding hydrogens is 410 g/mol. The summed E-state index contributed by atoms with van der Waals surface area (Å²) in [4.78, 5) is 17.4. The van der Waals surface area contributed by atoms with Gasteiger partial charge in [0.2, 0.25) is 15.9 Å². The molecule has 4 rings (SSSR count). The van der Waals surface area contributed by atoms with E-state index in [0.29, 0.717) is 30.1 Å². The van der Waals surface area contributed by atoms with Gasteiger partial charge in [0.05, 0.1) is 22.0 Å². The smallest absolute Gasteiger partial charge is 0.243 e. The SMILES string of the molecule is O=C(Nc1cccc2ncccc12)C1CCCN(S(=O)(=O)c2ccc(Cl)cc2)C1. The Balaban J connectivity index is 1.52. The molecule has 1 amide bonds. The van der Waals surface area contributed by atoms with Crippen LogP contribution in [0, 0.1) is 5.92 Å². The van der Waals surface area contributed by atoms with E-state index < -0.39 is 15.9 Å². The molecular formula is C21H20ClN3O3S. The third-order valence-corrected chi connectivity index (χ3v) is 7.24. The van der Waals surface area contributed by atoms with Crippen LogP contribution < -0.4 is 5.32 Å². The first-order chi connectivity index (χ1) is 13.9. The Morgan fingerprint density at radius 1 is 1.10 bits per heavy atom. The standard InChI is InChI=1S/C21H20ClN3O3S/c22-16-8-10-17(11-9-16)29(27,28)25-13-3-4-15(14-25)21(26)24-20-7-1-6-19-18(20)5-2-12-23-19/h1-2,5-12,15H,3-4,13-14H2,(H,24,26). The van der Waals surface area contributed by atoms with Crippen molar-refractivity contribution in [3.05, 3.63) is 65.8 Å². The number of benzene rings is 2. The summed E-state index contributed by atoms with van der Waals surface area (Å²) in [5, 5.41) is 4.28. The van der Waals surface area contributed by atoms with Crippen molar-refractivity contribution in [1.82, 2.24) is 9.29 Å². The van der Waals surface area contributed by atoms with Gasteiger partial charge in [-0.05, 0) is 61.4 Å². The maximum Gasteiger partial charge on any atom is 0.243 e. The summed E-state index contributed by atoms with van der Waals surface area (Å²) in [5.74, 6) is -0.602. The maximum absolute atomic E-state index is 12.9. The number of rotatable bonds is 4. The number of piperidine rings is 1. The van der Waals surface area contributed by atoms with Crippen LogP contribution in [0.1, 0.15) is 12.8 Å². The molecule has 3 aromatic rings. The fourth-order valence-electron chi connectivity index (χ4n) is 3.58. The highest BCUT2D eigenvalue weighted by atomic mass is 35.5. The van der Waals surface area contributed by atoms with Crippen LogP contribution in [0.3, 0.4) is 0 Å². The van der Waals surface area contributed by atoms with Crippen LogP contribution in [0.15, 0.2) is 65.7 Å². The molecule has 1 fully saturated rings. The van der Waals surface area contributed by atoms with Crippen molar-refractivity contribution in [2.75, 3.05) is 18.4 Å². The Morgan fingerprint density at radius 3 is 2.69 bits per heavy atom. The van der Waals surface area contributed by atoms with Crippen LogP contribution >= 0.6 is 11.6 Å². The summed E-state index contributed by atoms with van der Waals surface area (Å²) in [6, 6.07) is 15.3. The molecule has 2 aromatic carbocycles. The fourth-order valence-corrected chi connectivity index (χ4v) is 5.23. The molecule has 6 nitrogen and oxygen atoms in total. The van der Waals surface area contributed by atoms with Gasteiger partial charge in [-0.25, -0.2) is 8.42 Å². The van der Waals surface area contributed by atoms with Crippen LogP contribution in [0.2, 0.25) is 5.02 Å². The van der Waals surface area contributed by atoms with Gasteiger partial charge in [0.25, 0.3) is 0 Å². The summed E-state index contributed by atoms with van der Waals surface area (Å²) in [7, 11) is -3.67. The van der Waals surface area contributed by atoms with E-state index in [4.69, 9.17) is 11.6 Å². The van der Waals surface area contributed by atoms with E-state index in [9.17, 15) is 13.2 Å². The van der Waals surface area contributed by atoms with Gasteiger partial charge in [-0.3, -0.25) is 9.78 Å². The van der Waals surface area contributed by atoms with Crippen molar-refractivity contribution in [2.24, 2.45) is 5.92 Å². The summed E-state index contributed by atoms with van der Waals surface area (Å²) in [5.41, 5.74) is 1.47. The normalized spacial score (nSPS) is 17.9. The minimum absolute atomic E-state index is 0.153. The van der Waals surface area contributed by atoms with E-state index in [1.54, 1.807) is 18.3 Å². The highest BCUT2D eigenvalue weighted by Gasteiger charge is 2.33. The molecule has 1 atom stereocenters. The van der Waals surface area contributed by atoms with E-state index in [0.717, 1.165) is 10.9 Å². The number of fused-ring (bicyclic) bond motifs is 1. The summed E-state index contributed by atoms with van der Waals surface area (Å²) >= 11 is 5.86. The summed E-state index contributed by atoms with van der Waals surface area (Å²) in [6.07, 6.45) is 2.97. The lowest BCUT2D eigenvalue weighted by atomic mass is 9.98. The average Bonchev–Trinajstić information content (AvgIpc) is 2.74. The number of nitrogens with zero attached hydrogens (tertiary/aromatic N) is 2. The van der Waals surface area contributed by atoms with Crippen LogP contribution in [0.4, 0.5) is 5.69 Å². The largest absolute Gasteiger partial charge is 0.325 e. The highest BCUT2D eigenvalue weighted by molar-refractivity contribution is 7.89. The minimum atomic E-state index is -3.67. The minimum Gasteiger partial charge on any atom is -0.325 e. The lowest BCUT2D eigenvalue weighted by molar-refractivity contribution is -0.120.